The normalized spacial score (nSPS) is 18.4. The van der Waals surface area contributed by atoms with Crippen molar-refractivity contribution in [3.8, 4) is 0 Å². The lowest BCUT2D eigenvalue weighted by atomic mass is 9.95. The van der Waals surface area contributed by atoms with Gasteiger partial charge in [-0.3, -0.25) is 0 Å². The molecule has 0 radical (unpaired) electrons. The van der Waals surface area contributed by atoms with Crippen LogP contribution in [0.4, 0.5) is 0 Å². The number of aliphatic hydroxyl groups excluding tert-OH is 1. The fourth-order valence-electron chi connectivity index (χ4n) is 2.52. The second-order valence-corrected chi connectivity index (χ2v) is 7.40. The van der Waals surface area contributed by atoms with Gasteiger partial charge in [-0.1, -0.05) is 19.3 Å². The third-order valence-corrected chi connectivity index (χ3v) is 5.33. The number of nitrogens with zero attached hydrogens (tertiary/aromatic N) is 1. The molecule has 0 saturated heterocycles. The molecule has 1 rings (SSSR count). The Morgan fingerprint density at radius 2 is 1.89 bits per heavy atom. The van der Waals surface area contributed by atoms with E-state index in [1.807, 2.05) is 13.8 Å². The van der Waals surface area contributed by atoms with Crippen molar-refractivity contribution in [2.24, 2.45) is 0 Å². The van der Waals surface area contributed by atoms with Gasteiger partial charge < -0.3 is 9.84 Å². The van der Waals surface area contributed by atoms with E-state index in [0.717, 1.165) is 25.7 Å². The maximum absolute atomic E-state index is 12.3. The summed E-state index contributed by atoms with van der Waals surface area (Å²) in [5.74, 6) is 0.00167. The van der Waals surface area contributed by atoms with E-state index in [-0.39, 0.29) is 37.7 Å². The molecule has 0 bridgehead atoms. The predicted octanol–water partition coefficient (Wildman–Crippen LogP) is 1.37. The largest absolute Gasteiger partial charge is 0.395 e. The number of aliphatic hydroxyl groups is 1. The zero-order chi connectivity index (χ0) is 14.3. The summed E-state index contributed by atoms with van der Waals surface area (Å²) in [6.07, 6.45) is 5.18. The van der Waals surface area contributed by atoms with Gasteiger partial charge in [0, 0.05) is 12.6 Å². The first-order chi connectivity index (χ1) is 8.97. The van der Waals surface area contributed by atoms with Crippen molar-refractivity contribution in [1.29, 1.82) is 0 Å². The van der Waals surface area contributed by atoms with Crippen molar-refractivity contribution in [3.63, 3.8) is 0 Å². The lowest BCUT2D eigenvalue weighted by Gasteiger charge is -2.33. The molecule has 1 N–H and O–H groups in total. The summed E-state index contributed by atoms with van der Waals surface area (Å²) in [4.78, 5) is 0. The van der Waals surface area contributed by atoms with Crippen molar-refractivity contribution in [1.82, 2.24) is 4.31 Å². The van der Waals surface area contributed by atoms with Crippen molar-refractivity contribution in [3.05, 3.63) is 0 Å². The van der Waals surface area contributed by atoms with Gasteiger partial charge in [-0.05, 0) is 26.7 Å². The number of ether oxygens (including phenoxy) is 1. The average molecular weight is 293 g/mol. The van der Waals surface area contributed by atoms with Crippen LogP contribution in [-0.2, 0) is 14.8 Å². The lowest BCUT2D eigenvalue weighted by molar-refractivity contribution is 0.0901. The van der Waals surface area contributed by atoms with Crippen molar-refractivity contribution >= 4 is 10.0 Å². The standard InChI is InChI=1S/C13H27NO4S/c1-12(2)18-10-11-19(16,17)14(8-9-15)13-6-4-3-5-7-13/h12-13,15H,3-11H2,1-2H3. The Hall–Kier alpha value is -0.170. The number of hydrogen-bond donors (Lipinski definition) is 1. The highest BCUT2D eigenvalue weighted by atomic mass is 32.2. The molecular weight excluding hydrogens is 266 g/mol. The highest BCUT2D eigenvalue weighted by Crippen LogP contribution is 2.24. The monoisotopic (exact) mass is 293 g/mol. The van der Waals surface area contributed by atoms with Gasteiger partial charge in [0.2, 0.25) is 10.0 Å². The molecule has 1 fully saturated rings. The summed E-state index contributed by atoms with van der Waals surface area (Å²) in [6.45, 7) is 4.07. The minimum Gasteiger partial charge on any atom is -0.395 e. The highest BCUT2D eigenvalue weighted by Gasteiger charge is 2.30. The van der Waals surface area contributed by atoms with Crippen LogP contribution in [0.1, 0.15) is 46.0 Å². The van der Waals surface area contributed by atoms with Crippen LogP contribution in [0.2, 0.25) is 0 Å². The Bertz CT molecular complexity index is 337. The molecule has 0 unspecified atom stereocenters. The van der Waals surface area contributed by atoms with Gasteiger partial charge >= 0.3 is 0 Å². The van der Waals surface area contributed by atoms with Crippen molar-refractivity contribution in [2.75, 3.05) is 25.5 Å². The van der Waals surface area contributed by atoms with Gasteiger partial charge in [0.1, 0.15) is 0 Å². The first-order valence-electron chi connectivity index (χ1n) is 7.19. The number of sulfonamides is 1. The van der Waals surface area contributed by atoms with Gasteiger partial charge in [0.05, 0.1) is 25.1 Å². The molecule has 19 heavy (non-hydrogen) atoms. The van der Waals surface area contributed by atoms with E-state index in [1.165, 1.54) is 10.7 Å². The molecule has 0 aromatic rings. The molecule has 114 valence electrons. The Morgan fingerprint density at radius 1 is 1.26 bits per heavy atom. The molecular formula is C13H27NO4S. The minimum atomic E-state index is -3.33. The zero-order valence-electron chi connectivity index (χ0n) is 12.0. The Balaban J connectivity index is 2.61. The minimum absolute atomic E-state index is 0.00167. The van der Waals surface area contributed by atoms with E-state index in [2.05, 4.69) is 0 Å². The van der Waals surface area contributed by atoms with Crippen LogP contribution in [0.25, 0.3) is 0 Å². The van der Waals surface area contributed by atoms with Gasteiger partial charge in [-0.15, -0.1) is 0 Å². The molecule has 6 heteroatoms. The van der Waals surface area contributed by atoms with E-state index in [9.17, 15) is 8.42 Å². The summed E-state index contributed by atoms with van der Waals surface area (Å²) in [7, 11) is -3.33. The van der Waals surface area contributed by atoms with Crippen LogP contribution >= 0.6 is 0 Å². The Kier molecular flexibility index (Phi) is 7.28. The van der Waals surface area contributed by atoms with E-state index < -0.39 is 10.0 Å². The summed E-state index contributed by atoms with van der Waals surface area (Å²) in [6, 6.07) is 0.0601. The van der Waals surface area contributed by atoms with Gasteiger partial charge in [0.25, 0.3) is 0 Å². The molecule has 5 nitrogen and oxygen atoms in total. The molecule has 0 spiro atoms. The summed E-state index contributed by atoms with van der Waals surface area (Å²) >= 11 is 0. The topological polar surface area (TPSA) is 66.8 Å². The molecule has 1 aliphatic carbocycles. The van der Waals surface area contributed by atoms with Gasteiger partial charge in [-0.2, -0.15) is 4.31 Å². The Morgan fingerprint density at radius 3 is 2.42 bits per heavy atom. The first kappa shape index (κ1) is 16.9. The summed E-state index contributed by atoms with van der Waals surface area (Å²) in [5.41, 5.74) is 0. The molecule has 0 aromatic heterocycles. The highest BCUT2D eigenvalue weighted by molar-refractivity contribution is 7.89. The van der Waals surface area contributed by atoms with Gasteiger partial charge in [0.15, 0.2) is 0 Å². The third kappa shape index (κ3) is 5.77. The van der Waals surface area contributed by atoms with E-state index >= 15 is 0 Å². The lowest BCUT2D eigenvalue weighted by Crippen LogP contribution is -2.44. The molecule has 0 amide bonds. The third-order valence-electron chi connectivity index (χ3n) is 3.45. The molecule has 0 heterocycles. The second-order valence-electron chi connectivity index (χ2n) is 5.36. The smallest absolute Gasteiger partial charge is 0.216 e. The molecule has 1 aliphatic rings. The molecule has 0 aromatic carbocycles. The molecule has 0 atom stereocenters. The number of rotatable bonds is 8. The van der Waals surface area contributed by atoms with Crippen molar-refractivity contribution < 1.29 is 18.3 Å². The van der Waals surface area contributed by atoms with Crippen LogP contribution in [0, 0.1) is 0 Å². The molecule has 0 aliphatic heterocycles. The van der Waals surface area contributed by atoms with Crippen LogP contribution in [-0.4, -0.2) is 55.5 Å². The fourth-order valence-corrected chi connectivity index (χ4v) is 4.09. The maximum Gasteiger partial charge on any atom is 0.216 e. The van der Waals surface area contributed by atoms with E-state index in [1.54, 1.807) is 0 Å². The quantitative estimate of drug-likeness (QED) is 0.734. The SMILES string of the molecule is CC(C)OCCS(=O)(=O)N(CCO)C1CCCCC1. The first-order valence-corrected chi connectivity index (χ1v) is 8.80. The van der Waals surface area contributed by atoms with Gasteiger partial charge in [-0.25, -0.2) is 8.42 Å². The number of hydrogen-bond acceptors (Lipinski definition) is 4. The fraction of sp³-hybridized carbons (Fsp3) is 1.00. The van der Waals surface area contributed by atoms with Crippen LogP contribution in [0.15, 0.2) is 0 Å². The van der Waals surface area contributed by atoms with Crippen LogP contribution in [0.3, 0.4) is 0 Å². The Labute approximate surface area is 117 Å². The maximum atomic E-state index is 12.3. The zero-order valence-corrected chi connectivity index (χ0v) is 12.9. The van der Waals surface area contributed by atoms with Crippen LogP contribution in [0.5, 0.6) is 0 Å². The second kappa shape index (κ2) is 8.19. The van der Waals surface area contributed by atoms with Crippen LogP contribution < -0.4 is 0 Å². The average Bonchev–Trinajstić information content (AvgIpc) is 2.36. The van der Waals surface area contributed by atoms with Crippen molar-refractivity contribution in [2.45, 2.75) is 58.1 Å². The molecule has 1 saturated carbocycles. The summed E-state index contributed by atoms with van der Waals surface area (Å²) < 4.78 is 31.5. The van der Waals surface area contributed by atoms with E-state index in [0.29, 0.717) is 0 Å². The summed E-state index contributed by atoms with van der Waals surface area (Å²) in [5, 5.41) is 9.11. The van der Waals surface area contributed by atoms with E-state index in [4.69, 9.17) is 9.84 Å². The predicted molar refractivity (Wildman–Crippen MR) is 75.5 cm³/mol.